The van der Waals surface area contributed by atoms with Crippen LogP contribution in [0.4, 0.5) is 4.39 Å². The number of halogens is 1. The Balaban J connectivity index is 1.59. The third-order valence-electron chi connectivity index (χ3n) is 4.86. The molecule has 2 aromatic rings. The maximum absolute atomic E-state index is 13.3. The molecule has 1 aliphatic heterocycles. The summed E-state index contributed by atoms with van der Waals surface area (Å²) in [7, 11) is 3.36. The fourth-order valence-electron chi connectivity index (χ4n) is 3.31. The predicted molar refractivity (Wildman–Crippen MR) is 97.9 cm³/mol. The first-order chi connectivity index (χ1) is 12.8. The molecule has 27 heavy (non-hydrogen) atoms. The molecule has 7 heteroatoms. The molecule has 0 aliphatic carbocycles. The Kier molecular flexibility index (Phi) is 5.58. The standard InChI is InChI=1S/C20H24FN3O3/c1-13-18(20(26)23(2)3)22-19(27-13)15-7-9-24(10-8-15)17(25)12-14-5-4-6-16(21)11-14/h4-6,11,15H,7-10,12H2,1-3H3. The number of oxazole rings is 1. The highest BCUT2D eigenvalue weighted by Crippen LogP contribution is 2.29. The third-order valence-corrected chi connectivity index (χ3v) is 4.86. The Hall–Kier alpha value is -2.70. The van der Waals surface area contributed by atoms with Crippen LogP contribution in [-0.2, 0) is 11.2 Å². The van der Waals surface area contributed by atoms with Gasteiger partial charge in [0, 0.05) is 33.1 Å². The number of carbonyl (C=O) groups excluding carboxylic acids is 2. The second-order valence-electron chi connectivity index (χ2n) is 7.12. The number of likely N-dealkylation sites (tertiary alicyclic amines) is 1. The topological polar surface area (TPSA) is 66.7 Å². The zero-order valence-corrected chi connectivity index (χ0v) is 15.9. The predicted octanol–water partition coefficient (Wildman–Crippen LogP) is 2.77. The van der Waals surface area contributed by atoms with Crippen LogP contribution in [-0.4, -0.2) is 53.8 Å². The molecule has 1 saturated heterocycles. The molecule has 1 aliphatic rings. The molecule has 0 spiro atoms. The van der Waals surface area contributed by atoms with Crippen LogP contribution in [0.25, 0.3) is 0 Å². The van der Waals surface area contributed by atoms with Gasteiger partial charge in [-0.05, 0) is 37.5 Å². The second-order valence-corrected chi connectivity index (χ2v) is 7.12. The molecule has 1 aromatic carbocycles. The molecule has 0 unspecified atom stereocenters. The van der Waals surface area contributed by atoms with Crippen molar-refractivity contribution < 1.29 is 18.4 Å². The number of amides is 2. The molecule has 0 saturated carbocycles. The number of piperidine rings is 1. The molecule has 144 valence electrons. The van der Waals surface area contributed by atoms with Crippen LogP contribution in [0.3, 0.4) is 0 Å². The molecule has 6 nitrogen and oxygen atoms in total. The van der Waals surface area contributed by atoms with Gasteiger partial charge in [-0.3, -0.25) is 9.59 Å². The SMILES string of the molecule is Cc1oc(C2CCN(C(=O)Cc3cccc(F)c3)CC2)nc1C(=O)N(C)C. The molecule has 1 aromatic heterocycles. The number of hydrogen-bond acceptors (Lipinski definition) is 4. The lowest BCUT2D eigenvalue weighted by molar-refractivity contribution is -0.131. The molecule has 2 heterocycles. The van der Waals surface area contributed by atoms with Crippen LogP contribution in [0.2, 0.25) is 0 Å². The highest BCUT2D eigenvalue weighted by Gasteiger charge is 2.29. The smallest absolute Gasteiger partial charge is 0.275 e. The molecule has 0 atom stereocenters. The lowest BCUT2D eigenvalue weighted by Crippen LogP contribution is -2.38. The third kappa shape index (κ3) is 4.35. The highest BCUT2D eigenvalue weighted by atomic mass is 19.1. The van der Waals surface area contributed by atoms with Crippen molar-refractivity contribution in [2.75, 3.05) is 27.2 Å². The summed E-state index contributed by atoms with van der Waals surface area (Å²) in [4.78, 5) is 32.3. The van der Waals surface area contributed by atoms with Gasteiger partial charge in [0.25, 0.3) is 5.91 Å². The van der Waals surface area contributed by atoms with Crippen molar-refractivity contribution in [3.05, 3.63) is 53.0 Å². The van der Waals surface area contributed by atoms with Crippen LogP contribution < -0.4 is 0 Å². The Morgan fingerprint density at radius 1 is 1.30 bits per heavy atom. The van der Waals surface area contributed by atoms with Gasteiger partial charge in [0.1, 0.15) is 11.6 Å². The summed E-state index contributed by atoms with van der Waals surface area (Å²) in [6.45, 7) is 2.93. The molecular weight excluding hydrogens is 349 g/mol. The van der Waals surface area contributed by atoms with E-state index in [1.165, 1.54) is 17.0 Å². The monoisotopic (exact) mass is 373 g/mol. The largest absolute Gasteiger partial charge is 0.445 e. The molecule has 0 radical (unpaired) electrons. The lowest BCUT2D eigenvalue weighted by atomic mass is 9.96. The van der Waals surface area contributed by atoms with E-state index >= 15 is 0 Å². The number of aromatic nitrogens is 1. The van der Waals surface area contributed by atoms with Gasteiger partial charge in [-0.1, -0.05) is 12.1 Å². The summed E-state index contributed by atoms with van der Waals surface area (Å²) in [5.41, 5.74) is 1.02. The van der Waals surface area contributed by atoms with Crippen molar-refractivity contribution in [3.8, 4) is 0 Å². The van der Waals surface area contributed by atoms with E-state index < -0.39 is 0 Å². The van der Waals surface area contributed by atoms with Crippen LogP contribution >= 0.6 is 0 Å². The van der Waals surface area contributed by atoms with E-state index in [4.69, 9.17) is 4.42 Å². The first-order valence-corrected chi connectivity index (χ1v) is 9.06. The summed E-state index contributed by atoms with van der Waals surface area (Å²) in [6.07, 6.45) is 1.65. The van der Waals surface area contributed by atoms with Gasteiger partial charge >= 0.3 is 0 Å². The molecule has 3 rings (SSSR count). The van der Waals surface area contributed by atoms with E-state index in [9.17, 15) is 14.0 Å². The van der Waals surface area contributed by atoms with Crippen molar-refractivity contribution in [3.63, 3.8) is 0 Å². The van der Waals surface area contributed by atoms with Crippen molar-refractivity contribution in [2.24, 2.45) is 0 Å². The zero-order chi connectivity index (χ0) is 19.6. The van der Waals surface area contributed by atoms with Crippen LogP contribution in [0, 0.1) is 12.7 Å². The summed E-state index contributed by atoms with van der Waals surface area (Å²) < 4.78 is 19.0. The Morgan fingerprint density at radius 2 is 2.00 bits per heavy atom. The first-order valence-electron chi connectivity index (χ1n) is 9.06. The van der Waals surface area contributed by atoms with Crippen LogP contribution in [0.5, 0.6) is 0 Å². The Labute approximate surface area is 158 Å². The van der Waals surface area contributed by atoms with Gasteiger partial charge in [-0.15, -0.1) is 0 Å². The quantitative estimate of drug-likeness (QED) is 0.827. The fourth-order valence-corrected chi connectivity index (χ4v) is 3.31. The van der Waals surface area contributed by atoms with Crippen molar-refractivity contribution in [1.82, 2.24) is 14.8 Å². The summed E-state index contributed by atoms with van der Waals surface area (Å²) in [6, 6.07) is 6.13. The molecule has 1 fully saturated rings. The first kappa shape index (κ1) is 19.1. The van der Waals surface area contributed by atoms with Crippen molar-refractivity contribution in [2.45, 2.75) is 32.1 Å². The Morgan fingerprint density at radius 3 is 2.63 bits per heavy atom. The van der Waals surface area contributed by atoms with Crippen molar-refractivity contribution in [1.29, 1.82) is 0 Å². The average Bonchev–Trinajstić information content (AvgIpc) is 3.02. The molecule has 2 amide bonds. The molecule has 0 bridgehead atoms. The average molecular weight is 373 g/mol. The minimum absolute atomic E-state index is 0.00823. The van der Waals surface area contributed by atoms with E-state index in [-0.39, 0.29) is 30.0 Å². The second kappa shape index (κ2) is 7.90. The van der Waals surface area contributed by atoms with Gasteiger partial charge in [-0.2, -0.15) is 0 Å². The maximum atomic E-state index is 13.3. The van der Waals surface area contributed by atoms with Crippen LogP contribution in [0.1, 0.15) is 46.5 Å². The van der Waals surface area contributed by atoms with E-state index in [1.807, 2.05) is 0 Å². The number of rotatable bonds is 4. The Bertz CT molecular complexity index is 839. The summed E-state index contributed by atoms with van der Waals surface area (Å²) >= 11 is 0. The number of aryl methyl sites for hydroxylation is 1. The minimum atomic E-state index is -0.332. The van der Waals surface area contributed by atoms with E-state index in [0.717, 1.165) is 12.8 Å². The number of nitrogens with zero attached hydrogens (tertiary/aromatic N) is 3. The molecule has 0 N–H and O–H groups in total. The summed E-state index contributed by atoms with van der Waals surface area (Å²) in [5.74, 6) is 0.659. The highest BCUT2D eigenvalue weighted by molar-refractivity contribution is 5.92. The van der Waals surface area contributed by atoms with E-state index in [1.54, 1.807) is 38.1 Å². The van der Waals surface area contributed by atoms with Gasteiger partial charge in [0.05, 0.1) is 6.42 Å². The maximum Gasteiger partial charge on any atom is 0.275 e. The number of carbonyl (C=O) groups is 2. The van der Waals surface area contributed by atoms with Gasteiger partial charge < -0.3 is 14.2 Å². The lowest BCUT2D eigenvalue weighted by Gasteiger charge is -2.30. The van der Waals surface area contributed by atoms with Gasteiger partial charge in [0.2, 0.25) is 5.91 Å². The van der Waals surface area contributed by atoms with Crippen molar-refractivity contribution >= 4 is 11.8 Å². The molecular formula is C20H24FN3O3. The van der Waals surface area contributed by atoms with Gasteiger partial charge in [-0.25, -0.2) is 9.37 Å². The van der Waals surface area contributed by atoms with Gasteiger partial charge in [0.15, 0.2) is 11.6 Å². The summed E-state index contributed by atoms with van der Waals surface area (Å²) in [5, 5.41) is 0. The zero-order valence-electron chi connectivity index (χ0n) is 15.9. The van der Waals surface area contributed by atoms with E-state index in [0.29, 0.717) is 36.0 Å². The van der Waals surface area contributed by atoms with Crippen LogP contribution in [0.15, 0.2) is 28.7 Å². The number of benzene rings is 1. The number of hydrogen-bond donors (Lipinski definition) is 0. The fraction of sp³-hybridized carbons (Fsp3) is 0.450. The normalized spacial score (nSPS) is 15.0. The van der Waals surface area contributed by atoms with E-state index in [2.05, 4.69) is 4.98 Å². The minimum Gasteiger partial charge on any atom is -0.445 e.